The van der Waals surface area contributed by atoms with E-state index in [2.05, 4.69) is 27.4 Å². The zero-order chi connectivity index (χ0) is 13.2. The summed E-state index contributed by atoms with van der Waals surface area (Å²) in [5.74, 6) is 2.75. The number of hydrogen-bond acceptors (Lipinski definition) is 2. The first kappa shape index (κ1) is 13.5. The Morgan fingerprint density at radius 2 is 2.06 bits per heavy atom. The minimum Gasteiger partial charge on any atom is -0.501 e. The Kier molecular flexibility index (Phi) is 4.04. The summed E-state index contributed by atoms with van der Waals surface area (Å²) >= 11 is 0. The Morgan fingerprint density at radius 1 is 1.28 bits per heavy atom. The van der Waals surface area contributed by atoms with Crippen LogP contribution in [0.3, 0.4) is 0 Å². The van der Waals surface area contributed by atoms with Crippen molar-refractivity contribution < 1.29 is 9.47 Å². The predicted octanol–water partition coefficient (Wildman–Crippen LogP) is 4.28. The van der Waals surface area contributed by atoms with Crippen LogP contribution in [0.4, 0.5) is 0 Å². The van der Waals surface area contributed by atoms with Crippen LogP contribution in [0.15, 0.2) is 24.2 Å². The highest BCUT2D eigenvalue weighted by Crippen LogP contribution is 2.56. The highest BCUT2D eigenvalue weighted by molar-refractivity contribution is 5.03. The van der Waals surface area contributed by atoms with Gasteiger partial charge in [-0.2, -0.15) is 0 Å². The monoisotopic (exact) mass is 250 g/mol. The van der Waals surface area contributed by atoms with E-state index in [-0.39, 0.29) is 5.41 Å². The fraction of sp³-hybridized carbons (Fsp3) is 0.750. The maximum absolute atomic E-state index is 6.01. The first-order valence-electron chi connectivity index (χ1n) is 7.07. The molecule has 0 saturated heterocycles. The van der Waals surface area contributed by atoms with Gasteiger partial charge in [-0.1, -0.05) is 13.0 Å². The molecule has 0 heterocycles. The van der Waals surface area contributed by atoms with Gasteiger partial charge in [0.05, 0.1) is 25.2 Å². The molecule has 2 nitrogen and oxygen atoms in total. The van der Waals surface area contributed by atoms with Gasteiger partial charge in [0.1, 0.15) is 0 Å². The molecule has 2 rings (SSSR count). The van der Waals surface area contributed by atoms with Crippen LogP contribution in [-0.4, -0.2) is 13.2 Å². The topological polar surface area (TPSA) is 18.5 Å². The quantitative estimate of drug-likeness (QED) is 0.655. The molecule has 2 fully saturated rings. The molecule has 2 aliphatic carbocycles. The molecule has 0 aromatic carbocycles. The largest absolute Gasteiger partial charge is 0.501 e. The van der Waals surface area contributed by atoms with E-state index in [0.29, 0.717) is 0 Å². The van der Waals surface area contributed by atoms with E-state index < -0.39 is 0 Å². The van der Waals surface area contributed by atoms with Gasteiger partial charge in [0.25, 0.3) is 0 Å². The van der Waals surface area contributed by atoms with Crippen molar-refractivity contribution in [2.45, 2.75) is 46.5 Å². The maximum atomic E-state index is 6.01. The van der Waals surface area contributed by atoms with Crippen LogP contribution in [-0.2, 0) is 9.47 Å². The first-order chi connectivity index (χ1) is 8.57. The van der Waals surface area contributed by atoms with E-state index in [1.807, 2.05) is 0 Å². The van der Waals surface area contributed by atoms with E-state index in [1.165, 1.54) is 31.3 Å². The van der Waals surface area contributed by atoms with Gasteiger partial charge in [0.15, 0.2) is 0 Å². The van der Waals surface area contributed by atoms with Gasteiger partial charge in [-0.05, 0) is 57.4 Å². The molecule has 102 valence electrons. The molecular formula is C16H26O2. The van der Waals surface area contributed by atoms with Crippen LogP contribution in [0.5, 0.6) is 0 Å². The second kappa shape index (κ2) is 5.38. The van der Waals surface area contributed by atoms with Gasteiger partial charge in [-0.15, -0.1) is 0 Å². The molecule has 18 heavy (non-hydrogen) atoms. The molecule has 3 unspecified atom stereocenters. The summed E-state index contributed by atoms with van der Waals surface area (Å²) in [5.41, 5.74) is 1.49. The van der Waals surface area contributed by atoms with Gasteiger partial charge in [-0.3, -0.25) is 0 Å². The molecule has 0 aliphatic heterocycles. The summed E-state index contributed by atoms with van der Waals surface area (Å²) in [4.78, 5) is 0. The van der Waals surface area contributed by atoms with Crippen LogP contribution in [0.2, 0.25) is 0 Å². The molecule has 2 aliphatic rings. The molecule has 0 spiro atoms. The lowest BCUT2D eigenvalue weighted by Crippen LogP contribution is -2.37. The third-order valence-electron chi connectivity index (χ3n) is 4.87. The van der Waals surface area contributed by atoms with Crippen LogP contribution in [0.1, 0.15) is 46.5 Å². The number of hydrogen-bond donors (Lipinski definition) is 0. The van der Waals surface area contributed by atoms with Crippen molar-refractivity contribution in [2.75, 3.05) is 13.2 Å². The zero-order valence-corrected chi connectivity index (χ0v) is 12.0. The fourth-order valence-corrected chi connectivity index (χ4v) is 3.57. The molecule has 3 atom stereocenters. The van der Waals surface area contributed by atoms with Crippen molar-refractivity contribution in [2.24, 2.45) is 17.3 Å². The van der Waals surface area contributed by atoms with Crippen LogP contribution < -0.4 is 0 Å². The standard InChI is InChI=1S/C16H26O2/c1-5-17-10-16(11-18-13(4)12(2)3)9-14-6-7-15(16)8-14/h5,14-15H,1,6-11H2,2-4H3. The van der Waals surface area contributed by atoms with Crippen molar-refractivity contribution in [3.8, 4) is 0 Å². The SMILES string of the molecule is C=COCC1(COC(C)=C(C)C)CC2CCC1C2. The summed E-state index contributed by atoms with van der Waals surface area (Å²) < 4.78 is 11.5. The molecule has 2 heteroatoms. The Balaban J connectivity index is 2.02. The molecule has 0 aromatic rings. The van der Waals surface area contributed by atoms with Crippen molar-refractivity contribution in [1.29, 1.82) is 0 Å². The van der Waals surface area contributed by atoms with E-state index in [1.54, 1.807) is 6.26 Å². The lowest BCUT2D eigenvalue weighted by Gasteiger charge is -2.37. The second-order valence-electron chi connectivity index (χ2n) is 6.27. The van der Waals surface area contributed by atoms with Gasteiger partial charge in [0.2, 0.25) is 0 Å². The highest BCUT2D eigenvalue weighted by atomic mass is 16.5. The van der Waals surface area contributed by atoms with E-state index in [9.17, 15) is 0 Å². The summed E-state index contributed by atoms with van der Waals surface area (Å²) in [5, 5.41) is 0. The summed E-state index contributed by atoms with van der Waals surface area (Å²) in [6, 6.07) is 0. The van der Waals surface area contributed by atoms with Gasteiger partial charge in [0, 0.05) is 5.41 Å². The van der Waals surface area contributed by atoms with Crippen LogP contribution >= 0.6 is 0 Å². The molecule has 2 bridgehead atoms. The van der Waals surface area contributed by atoms with E-state index in [0.717, 1.165) is 30.8 Å². The smallest absolute Gasteiger partial charge is 0.0968 e. The highest BCUT2D eigenvalue weighted by Gasteiger charge is 2.51. The first-order valence-corrected chi connectivity index (χ1v) is 7.07. The molecule has 2 saturated carbocycles. The normalized spacial score (nSPS) is 33.3. The number of allylic oxidation sites excluding steroid dienone is 2. The number of rotatable bonds is 6. The number of ether oxygens (including phenoxy) is 2. The zero-order valence-electron chi connectivity index (χ0n) is 12.0. The van der Waals surface area contributed by atoms with E-state index in [4.69, 9.17) is 9.47 Å². The minimum atomic E-state index is 0.230. The van der Waals surface area contributed by atoms with E-state index >= 15 is 0 Å². The average Bonchev–Trinajstić information content (AvgIpc) is 2.94. The van der Waals surface area contributed by atoms with Crippen LogP contribution in [0, 0.1) is 17.3 Å². The van der Waals surface area contributed by atoms with Crippen molar-refractivity contribution in [1.82, 2.24) is 0 Å². The number of fused-ring (bicyclic) bond motifs is 2. The Labute approximate surface area is 111 Å². The van der Waals surface area contributed by atoms with Crippen LogP contribution in [0.25, 0.3) is 0 Å². The molecule has 0 aromatic heterocycles. The Morgan fingerprint density at radius 3 is 2.56 bits per heavy atom. The summed E-state index contributed by atoms with van der Waals surface area (Å²) in [6.07, 6.45) is 6.96. The third kappa shape index (κ3) is 2.57. The van der Waals surface area contributed by atoms with Gasteiger partial charge < -0.3 is 9.47 Å². The van der Waals surface area contributed by atoms with Crippen molar-refractivity contribution in [3.63, 3.8) is 0 Å². The summed E-state index contributed by atoms with van der Waals surface area (Å²) in [6.45, 7) is 11.5. The van der Waals surface area contributed by atoms with Gasteiger partial charge in [-0.25, -0.2) is 0 Å². The lowest BCUT2D eigenvalue weighted by molar-refractivity contribution is -0.0108. The third-order valence-corrected chi connectivity index (χ3v) is 4.87. The molecule has 0 amide bonds. The Hall–Kier alpha value is -0.920. The summed E-state index contributed by atoms with van der Waals surface area (Å²) in [7, 11) is 0. The fourth-order valence-electron chi connectivity index (χ4n) is 3.57. The predicted molar refractivity (Wildman–Crippen MR) is 74.0 cm³/mol. The van der Waals surface area contributed by atoms with Crippen molar-refractivity contribution >= 4 is 0 Å². The average molecular weight is 250 g/mol. The van der Waals surface area contributed by atoms with Gasteiger partial charge >= 0.3 is 0 Å². The second-order valence-corrected chi connectivity index (χ2v) is 6.27. The molecular weight excluding hydrogens is 224 g/mol. The molecule has 0 radical (unpaired) electrons. The van der Waals surface area contributed by atoms with Crippen molar-refractivity contribution in [3.05, 3.63) is 24.2 Å². The Bertz CT molecular complexity index is 341. The lowest BCUT2D eigenvalue weighted by atomic mass is 9.74. The maximum Gasteiger partial charge on any atom is 0.0968 e. The molecule has 0 N–H and O–H groups in total. The minimum absolute atomic E-state index is 0.230.